The Kier molecular flexibility index (Phi) is 10.2. The van der Waals surface area contributed by atoms with Crippen LogP contribution in [0.1, 0.15) is 38.7 Å². The number of carbonyl (C=O) groups excluding carboxylic acids is 2. The molecule has 2 rings (SSSR count). The molecule has 0 aliphatic rings. The van der Waals surface area contributed by atoms with Crippen molar-refractivity contribution in [3.63, 3.8) is 0 Å². The number of rotatable bonds is 12. The molecular weight excluding hydrogens is 462 g/mol. The molecule has 9 heteroatoms. The molecule has 0 aliphatic carbocycles. The lowest BCUT2D eigenvalue weighted by Crippen LogP contribution is -2.49. The molecular formula is C24H32ClN3O4S. The maximum Gasteiger partial charge on any atom is 0.242 e. The van der Waals surface area contributed by atoms with Gasteiger partial charge in [0.05, 0.1) is 11.9 Å². The summed E-state index contributed by atoms with van der Waals surface area (Å²) in [7, 11) is -3.50. The zero-order valence-electron chi connectivity index (χ0n) is 19.3. The molecule has 2 aromatic carbocycles. The van der Waals surface area contributed by atoms with Crippen LogP contribution in [-0.2, 0) is 26.2 Å². The third-order valence-corrected chi connectivity index (χ3v) is 6.65. The highest BCUT2D eigenvalue weighted by Crippen LogP contribution is 2.19. The Balaban J connectivity index is 2.17. The third-order valence-electron chi connectivity index (χ3n) is 5.20. The summed E-state index contributed by atoms with van der Waals surface area (Å²) < 4.78 is 25.9. The van der Waals surface area contributed by atoms with E-state index in [4.69, 9.17) is 11.6 Å². The maximum absolute atomic E-state index is 13.2. The average Bonchev–Trinajstić information content (AvgIpc) is 2.77. The number of hydrogen-bond acceptors (Lipinski definition) is 4. The topological polar surface area (TPSA) is 86.8 Å². The monoisotopic (exact) mass is 493 g/mol. The normalized spacial score (nSPS) is 12.1. The number of amides is 2. The minimum absolute atomic E-state index is 0.113. The van der Waals surface area contributed by atoms with Crippen molar-refractivity contribution in [2.24, 2.45) is 0 Å². The number of likely N-dealkylation sites (N-methyl/N-ethyl adjacent to an activating group) is 1. The highest BCUT2D eigenvalue weighted by molar-refractivity contribution is 7.92. The predicted molar refractivity (Wildman–Crippen MR) is 133 cm³/mol. The zero-order valence-corrected chi connectivity index (χ0v) is 20.9. The molecule has 0 radical (unpaired) electrons. The number of hydrogen-bond donors (Lipinski definition) is 1. The van der Waals surface area contributed by atoms with Crippen LogP contribution in [0.2, 0.25) is 5.02 Å². The van der Waals surface area contributed by atoms with Crippen molar-refractivity contribution in [3.8, 4) is 0 Å². The molecule has 0 aliphatic heterocycles. The molecule has 1 N–H and O–H groups in total. The van der Waals surface area contributed by atoms with Crippen molar-refractivity contribution in [3.05, 3.63) is 65.2 Å². The molecule has 0 heterocycles. The molecule has 0 saturated carbocycles. The number of benzene rings is 2. The zero-order chi connectivity index (χ0) is 24.4. The Hall–Kier alpha value is -2.58. The highest BCUT2D eigenvalue weighted by atomic mass is 35.5. The smallest absolute Gasteiger partial charge is 0.242 e. The van der Waals surface area contributed by atoms with Gasteiger partial charge in [-0.1, -0.05) is 48.9 Å². The van der Waals surface area contributed by atoms with E-state index in [1.54, 1.807) is 41.3 Å². The molecule has 0 spiro atoms. The fourth-order valence-electron chi connectivity index (χ4n) is 3.60. The number of carbonyl (C=O) groups is 2. The number of nitrogens with zero attached hydrogens (tertiary/aromatic N) is 2. The van der Waals surface area contributed by atoms with E-state index >= 15 is 0 Å². The van der Waals surface area contributed by atoms with Crippen molar-refractivity contribution in [1.82, 2.24) is 10.2 Å². The molecule has 1 atom stereocenters. The Labute approximate surface area is 201 Å². The molecule has 7 nitrogen and oxygen atoms in total. The van der Waals surface area contributed by atoms with Crippen molar-refractivity contribution >= 4 is 39.1 Å². The van der Waals surface area contributed by atoms with Crippen molar-refractivity contribution in [2.75, 3.05) is 23.7 Å². The van der Waals surface area contributed by atoms with Crippen LogP contribution in [0.5, 0.6) is 0 Å². The summed E-state index contributed by atoms with van der Waals surface area (Å²) in [6.45, 7) is 4.60. The first-order chi connectivity index (χ1) is 15.7. The molecule has 180 valence electrons. The van der Waals surface area contributed by atoms with E-state index in [0.717, 1.165) is 11.8 Å². The molecule has 0 saturated heterocycles. The summed E-state index contributed by atoms with van der Waals surface area (Å²) in [5, 5.41) is 3.39. The summed E-state index contributed by atoms with van der Waals surface area (Å²) in [4.78, 5) is 27.5. The van der Waals surface area contributed by atoms with Crippen molar-refractivity contribution < 1.29 is 18.0 Å². The Morgan fingerprint density at radius 1 is 1.03 bits per heavy atom. The van der Waals surface area contributed by atoms with E-state index in [1.165, 1.54) is 4.31 Å². The average molecular weight is 494 g/mol. The van der Waals surface area contributed by atoms with Crippen LogP contribution in [0, 0.1) is 0 Å². The number of anilines is 1. The van der Waals surface area contributed by atoms with E-state index in [-0.39, 0.29) is 31.3 Å². The van der Waals surface area contributed by atoms with Gasteiger partial charge in [-0.3, -0.25) is 13.9 Å². The first-order valence-corrected chi connectivity index (χ1v) is 13.2. The lowest BCUT2D eigenvalue weighted by molar-refractivity contribution is -0.141. The van der Waals surface area contributed by atoms with E-state index < -0.39 is 16.1 Å². The molecule has 0 fully saturated rings. The van der Waals surface area contributed by atoms with Crippen LogP contribution in [-0.4, -0.2) is 50.5 Å². The molecule has 2 amide bonds. The van der Waals surface area contributed by atoms with Gasteiger partial charge in [-0.05, 0) is 49.6 Å². The SMILES string of the molecule is CCNC(=O)C(CC)N(Cc1ccc(Cl)cc1)C(=O)CCCN(c1ccccc1)S(C)(=O)=O. The van der Waals surface area contributed by atoms with Gasteiger partial charge < -0.3 is 10.2 Å². The molecule has 1 unspecified atom stereocenters. The summed E-state index contributed by atoms with van der Waals surface area (Å²) >= 11 is 5.98. The second-order valence-corrected chi connectivity index (χ2v) is 10.1. The van der Waals surface area contributed by atoms with Gasteiger partial charge in [0.1, 0.15) is 6.04 Å². The summed E-state index contributed by atoms with van der Waals surface area (Å²) in [5.41, 5.74) is 1.41. The van der Waals surface area contributed by atoms with Crippen LogP contribution in [0.25, 0.3) is 0 Å². The van der Waals surface area contributed by atoms with Gasteiger partial charge in [-0.15, -0.1) is 0 Å². The Morgan fingerprint density at radius 2 is 1.67 bits per heavy atom. The highest BCUT2D eigenvalue weighted by Gasteiger charge is 2.28. The predicted octanol–water partition coefficient (Wildman–Crippen LogP) is 3.83. The van der Waals surface area contributed by atoms with Gasteiger partial charge in [0.2, 0.25) is 21.8 Å². The third kappa shape index (κ3) is 8.05. The van der Waals surface area contributed by atoms with Crippen LogP contribution >= 0.6 is 11.6 Å². The number of sulfonamides is 1. The second kappa shape index (κ2) is 12.6. The van der Waals surface area contributed by atoms with E-state index in [9.17, 15) is 18.0 Å². The molecule has 0 aromatic heterocycles. The van der Waals surface area contributed by atoms with Crippen LogP contribution in [0.3, 0.4) is 0 Å². The Morgan fingerprint density at radius 3 is 2.21 bits per heavy atom. The van der Waals surface area contributed by atoms with Crippen molar-refractivity contribution in [1.29, 1.82) is 0 Å². The Bertz CT molecular complexity index is 1010. The molecule has 0 bridgehead atoms. The van der Waals surface area contributed by atoms with Crippen LogP contribution < -0.4 is 9.62 Å². The number of para-hydroxylation sites is 1. The van der Waals surface area contributed by atoms with Crippen molar-refractivity contribution in [2.45, 2.75) is 45.7 Å². The molecule has 2 aromatic rings. The number of halogens is 1. The summed E-state index contributed by atoms with van der Waals surface area (Å²) in [5.74, 6) is -0.408. The summed E-state index contributed by atoms with van der Waals surface area (Å²) in [6, 6.07) is 15.3. The second-order valence-electron chi connectivity index (χ2n) is 7.74. The minimum Gasteiger partial charge on any atom is -0.355 e. The largest absolute Gasteiger partial charge is 0.355 e. The standard InChI is InChI=1S/C24H32ClN3O4S/c1-4-22(24(30)26-5-2)27(18-19-13-15-20(25)16-14-19)23(29)12-9-17-28(33(3,31)32)21-10-7-6-8-11-21/h6-8,10-11,13-16,22H,4-5,9,12,17-18H2,1-3H3,(H,26,30). The van der Waals surface area contributed by atoms with Crippen LogP contribution in [0.4, 0.5) is 5.69 Å². The number of nitrogens with one attached hydrogen (secondary N) is 1. The van der Waals surface area contributed by atoms with Gasteiger partial charge in [-0.25, -0.2) is 8.42 Å². The van der Waals surface area contributed by atoms with Crippen LogP contribution in [0.15, 0.2) is 54.6 Å². The quantitative estimate of drug-likeness (QED) is 0.486. The van der Waals surface area contributed by atoms with E-state index in [1.807, 2.05) is 32.0 Å². The summed E-state index contributed by atoms with van der Waals surface area (Å²) in [6.07, 6.45) is 2.05. The fourth-order valence-corrected chi connectivity index (χ4v) is 4.69. The van der Waals surface area contributed by atoms with Gasteiger partial charge in [0.25, 0.3) is 0 Å². The fraction of sp³-hybridized carbons (Fsp3) is 0.417. The minimum atomic E-state index is -3.50. The van der Waals surface area contributed by atoms with Gasteiger partial charge in [0, 0.05) is 31.1 Å². The van der Waals surface area contributed by atoms with E-state index in [0.29, 0.717) is 30.1 Å². The van der Waals surface area contributed by atoms with Gasteiger partial charge >= 0.3 is 0 Å². The van der Waals surface area contributed by atoms with Gasteiger partial charge in [0.15, 0.2) is 0 Å². The first kappa shape index (κ1) is 26.7. The van der Waals surface area contributed by atoms with E-state index in [2.05, 4.69) is 5.32 Å². The first-order valence-electron chi connectivity index (χ1n) is 11.0. The lowest BCUT2D eigenvalue weighted by atomic mass is 10.1. The maximum atomic E-state index is 13.2. The lowest BCUT2D eigenvalue weighted by Gasteiger charge is -2.31. The van der Waals surface area contributed by atoms with Gasteiger partial charge in [-0.2, -0.15) is 0 Å². The molecule has 33 heavy (non-hydrogen) atoms.